The van der Waals surface area contributed by atoms with Gasteiger partial charge in [0.1, 0.15) is 12.4 Å². The average Bonchev–Trinajstić information content (AvgIpc) is 2.36. The Labute approximate surface area is 109 Å². The molecule has 0 bridgehead atoms. The number of hydrogen-bond acceptors (Lipinski definition) is 3. The van der Waals surface area contributed by atoms with Gasteiger partial charge in [-0.05, 0) is 26.0 Å². The quantitative estimate of drug-likeness (QED) is 0.619. The number of rotatable bonds is 6. The lowest BCUT2D eigenvalue weighted by molar-refractivity contribution is 0.0552. The molecule has 0 radical (unpaired) electrons. The van der Waals surface area contributed by atoms with Crippen LogP contribution in [0.5, 0.6) is 5.75 Å². The molecule has 0 fully saturated rings. The average molecular weight is 248 g/mol. The van der Waals surface area contributed by atoms with E-state index in [-0.39, 0.29) is 12.7 Å². The summed E-state index contributed by atoms with van der Waals surface area (Å²) in [6.07, 6.45) is 0.693. The van der Waals surface area contributed by atoms with E-state index in [2.05, 4.69) is 11.8 Å². The van der Waals surface area contributed by atoms with Crippen LogP contribution in [0.3, 0.4) is 0 Å². The first-order valence-electron chi connectivity index (χ1n) is 6.17. The highest BCUT2D eigenvalue weighted by Gasteiger charge is 2.00. The molecule has 1 rings (SSSR count). The Morgan fingerprint density at radius 1 is 1.22 bits per heavy atom. The zero-order chi connectivity index (χ0) is 13.2. The lowest BCUT2D eigenvalue weighted by atomic mass is 10.2. The van der Waals surface area contributed by atoms with E-state index in [1.54, 1.807) is 0 Å². The minimum absolute atomic E-state index is 0.0816. The molecule has 98 valence electrons. The van der Waals surface area contributed by atoms with Crippen molar-refractivity contribution in [3.8, 4) is 17.6 Å². The van der Waals surface area contributed by atoms with Gasteiger partial charge in [0.25, 0.3) is 0 Å². The van der Waals surface area contributed by atoms with Crippen molar-refractivity contribution in [3.05, 3.63) is 29.8 Å². The SMILES string of the molecule is CC(C)OCCOc1ccccc1C#CCCO. The Morgan fingerprint density at radius 2 is 2.00 bits per heavy atom. The summed E-state index contributed by atoms with van der Waals surface area (Å²) in [4.78, 5) is 0. The first kappa shape index (κ1) is 14.6. The van der Waals surface area contributed by atoms with Crippen molar-refractivity contribution in [3.63, 3.8) is 0 Å². The summed E-state index contributed by atoms with van der Waals surface area (Å²) in [5, 5.41) is 8.69. The summed E-state index contributed by atoms with van der Waals surface area (Å²) in [5.74, 6) is 6.64. The van der Waals surface area contributed by atoms with Gasteiger partial charge >= 0.3 is 0 Å². The van der Waals surface area contributed by atoms with E-state index < -0.39 is 0 Å². The van der Waals surface area contributed by atoms with Crippen LogP contribution in [-0.4, -0.2) is 31.0 Å². The fourth-order valence-corrected chi connectivity index (χ4v) is 1.34. The molecule has 18 heavy (non-hydrogen) atoms. The highest BCUT2D eigenvalue weighted by Crippen LogP contribution is 2.16. The maximum absolute atomic E-state index is 8.69. The first-order valence-corrected chi connectivity index (χ1v) is 6.17. The Bertz CT molecular complexity index is 402. The number of hydrogen-bond donors (Lipinski definition) is 1. The molecule has 0 amide bonds. The van der Waals surface area contributed by atoms with Crippen LogP contribution in [0.2, 0.25) is 0 Å². The van der Waals surface area contributed by atoms with Crippen LogP contribution in [0.15, 0.2) is 24.3 Å². The van der Waals surface area contributed by atoms with Crippen molar-refractivity contribution in [1.29, 1.82) is 0 Å². The molecule has 0 unspecified atom stereocenters. The van der Waals surface area contributed by atoms with E-state index >= 15 is 0 Å². The molecular formula is C15H20O3. The minimum atomic E-state index is 0.0816. The molecule has 3 nitrogen and oxygen atoms in total. The number of para-hydroxylation sites is 1. The van der Waals surface area contributed by atoms with Crippen molar-refractivity contribution < 1.29 is 14.6 Å². The van der Waals surface area contributed by atoms with Crippen LogP contribution in [0.4, 0.5) is 0 Å². The van der Waals surface area contributed by atoms with Crippen LogP contribution >= 0.6 is 0 Å². The van der Waals surface area contributed by atoms with E-state index in [1.807, 2.05) is 38.1 Å². The predicted octanol–water partition coefficient (Wildman–Crippen LogP) is 2.22. The molecule has 1 N–H and O–H groups in total. The van der Waals surface area contributed by atoms with Crippen LogP contribution in [-0.2, 0) is 4.74 Å². The van der Waals surface area contributed by atoms with Gasteiger partial charge in [-0.25, -0.2) is 0 Å². The third kappa shape index (κ3) is 5.72. The van der Waals surface area contributed by atoms with Gasteiger partial charge in [0.05, 0.1) is 24.9 Å². The van der Waals surface area contributed by atoms with Gasteiger partial charge in [-0.15, -0.1) is 0 Å². The van der Waals surface area contributed by atoms with Crippen molar-refractivity contribution in [1.82, 2.24) is 0 Å². The Morgan fingerprint density at radius 3 is 2.72 bits per heavy atom. The fourth-order valence-electron chi connectivity index (χ4n) is 1.34. The maximum atomic E-state index is 8.69. The molecule has 0 atom stereocenters. The van der Waals surface area contributed by atoms with E-state index in [9.17, 15) is 0 Å². The second-order valence-corrected chi connectivity index (χ2v) is 4.04. The standard InChI is InChI=1S/C15H20O3/c1-13(2)17-11-12-18-15-9-4-3-7-14(15)8-5-6-10-16/h3-4,7,9,13,16H,6,10-12H2,1-2H3. The molecule has 0 aliphatic rings. The Balaban J connectivity index is 2.52. The smallest absolute Gasteiger partial charge is 0.135 e. The second kappa shape index (κ2) is 8.57. The van der Waals surface area contributed by atoms with Crippen LogP contribution in [0, 0.1) is 11.8 Å². The molecule has 0 aliphatic heterocycles. The van der Waals surface area contributed by atoms with Crippen molar-refractivity contribution in [2.24, 2.45) is 0 Å². The summed E-state index contributed by atoms with van der Waals surface area (Å²) < 4.78 is 11.0. The molecule has 0 aliphatic carbocycles. The number of aliphatic hydroxyl groups excluding tert-OH is 1. The van der Waals surface area contributed by atoms with E-state index in [0.29, 0.717) is 19.6 Å². The molecule has 3 heteroatoms. The van der Waals surface area contributed by atoms with Crippen molar-refractivity contribution in [2.45, 2.75) is 26.4 Å². The molecule has 0 heterocycles. The summed E-state index contributed by atoms with van der Waals surface area (Å²) in [6.45, 7) is 5.15. The van der Waals surface area contributed by atoms with E-state index in [1.165, 1.54) is 0 Å². The molecule has 1 aromatic carbocycles. The highest BCUT2D eigenvalue weighted by molar-refractivity contribution is 5.45. The minimum Gasteiger partial charge on any atom is -0.490 e. The Hall–Kier alpha value is -1.50. The molecule has 0 aromatic heterocycles. The highest BCUT2D eigenvalue weighted by atomic mass is 16.5. The van der Waals surface area contributed by atoms with Crippen LogP contribution in [0.25, 0.3) is 0 Å². The molecule has 0 saturated carbocycles. The van der Waals surface area contributed by atoms with Gasteiger partial charge in [0.2, 0.25) is 0 Å². The van der Waals surface area contributed by atoms with Crippen molar-refractivity contribution in [2.75, 3.05) is 19.8 Å². The summed E-state index contributed by atoms with van der Waals surface area (Å²) in [6, 6.07) is 7.62. The topological polar surface area (TPSA) is 38.7 Å². The summed E-state index contributed by atoms with van der Waals surface area (Å²) in [5.41, 5.74) is 0.843. The van der Waals surface area contributed by atoms with E-state index in [0.717, 1.165) is 11.3 Å². The van der Waals surface area contributed by atoms with Gasteiger partial charge in [0, 0.05) is 6.42 Å². The van der Waals surface area contributed by atoms with Gasteiger partial charge < -0.3 is 14.6 Å². The maximum Gasteiger partial charge on any atom is 0.135 e. The van der Waals surface area contributed by atoms with Gasteiger partial charge in [-0.3, -0.25) is 0 Å². The monoisotopic (exact) mass is 248 g/mol. The first-order chi connectivity index (χ1) is 8.74. The predicted molar refractivity (Wildman–Crippen MR) is 71.6 cm³/mol. The van der Waals surface area contributed by atoms with Crippen molar-refractivity contribution >= 4 is 0 Å². The van der Waals surface area contributed by atoms with Crippen LogP contribution in [0.1, 0.15) is 25.8 Å². The van der Waals surface area contributed by atoms with E-state index in [4.69, 9.17) is 14.6 Å². The number of aliphatic hydroxyl groups is 1. The summed E-state index contributed by atoms with van der Waals surface area (Å²) in [7, 11) is 0. The normalized spacial score (nSPS) is 10.0. The summed E-state index contributed by atoms with van der Waals surface area (Å²) >= 11 is 0. The zero-order valence-electron chi connectivity index (χ0n) is 11.0. The molecule has 0 saturated heterocycles. The second-order valence-electron chi connectivity index (χ2n) is 4.04. The van der Waals surface area contributed by atoms with Gasteiger partial charge in [-0.1, -0.05) is 24.0 Å². The lowest BCUT2D eigenvalue weighted by Gasteiger charge is -2.10. The third-order valence-corrected chi connectivity index (χ3v) is 2.14. The number of benzene rings is 1. The van der Waals surface area contributed by atoms with Gasteiger partial charge in [0.15, 0.2) is 0 Å². The fraction of sp³-hybridized carbons (Fsp3) is 0.467. The van der Waals surface area contributed by atoms with Crippen LogP contribution < -0.4 is 4.74 Å². The molecular weight excluding hydrogens is 228 g/mol. The largest absolute Gasteiger partial charge is 0.490 e. The molecule has 0 spiro atoms. The zero-order valence-corrected chi connectivity index (χ0v) is 11.0. The Kier molecular flexibility index (Phi) is 6.93. The third-order valence-electron chi connectivity index (χ3n) is 2.14. The lowest BCUT2D eigenvalue weighted by Crippen LogP contribution is -2.11. The molecule has 1 aromatic rings. The van der Waals surface area contributed by atoms with Gasteiger partial charge in [-0.2, -0.15) is 0 Å². The number of ether oxygens (including phenoxy) is 2.